The molecule has 1 heterocycles. The van der Waals surface area contributed by atoms with Gasteiger partial charge in [-0.3, -0.25) is 0 Å². The van der Waals surface area contributed by atoms with Gasteiger partial charge in [0, 0.05) is 6.07 Å². The minimum absolute atomic E-state index is 0.0131. The minimum Gasteiger partial charge on any atom is -0.495 e. The highest BCUT2D eigenvalue weighted by Crippen LogP contribution is 2.33. The van der Waals surface area contributed by atoms with E-state index in [1.807, 2.05) is 0 Å². The Labute approximate surface area is 104 Å². The van der Waals surface area contributed by atoms with Crippen LogP contribution >= 0.6 is 0 Å². The number of nitrogens with one attached hydrogen (secondary N) is 2. The van der Waals surface area contributed by atoms with Crippen LogP contribution in [0, 0.1) is 0 Å². The molecule has 2 rings (SSSR count). The SMILES string of the molecule is COc1cc2c(cc1S(N)(=O)=O)S(=O)(=O)NCN2. The summed E-state index contributed by atoms with van der Waals surface area (Å²) < 4.78 is 53.3. The molecule has 1 aromatic rings. The van der Waals surface area contributed by atoms with E-state index in [0.29, 0.717) is 0 Å². The highest BCUT2D eigenvalue weighted by Gasteiger charge is 2.27. The third-order valence-electron chi connectivity index (χ3n) is 2.40. The van der Waals surface area contributed by atoms with E-state index in [4.69, 9.17) is 9.88 Å². The number of hydrogen-bond donors (Lipinski definition) is 3. The van der Waals surface area contributed by atoms with Gasteiger partial charge in [0.1, 0.15) is 15.5 Å². The molecule has 0 fully saturated rings. The molecule has 0 amide bonds. The third kappa shape index (κ3) is 2.14. The molecule has 0 atom stereocenters. The Morgan fingerprint density at radius 1 is 1.39 bits per heavy atom. The van der Waals surface area contributed by atoms with Crippen molar-refractivity contribution in [1.29, 1.82) is 0 Å². The Balaban J connectivity index is 2.79. The number of benzene rings is 1. The highest BCUT2D eigenvalue weighted by atomic mass is 32.2. The van der Waals surface area contributed by atoms with Gasteiger partial charge in [-0.25, -0.2) is 22.0 Å². The largest absolute Gasteiger partial charge is 0.495 e. The van der Waals surface area contributed by atoms with Gasteiger partial charge in [-0.2, -0.15) is 4.72 Å². The molecule has 1 aromatic carbocycles. The Bertz CT molecular complexity index is 684. The van der Waals surface area contributed by atoms with Gasteiger partial charge in [-0.05, 0) is 6.07 Å². The molecule has 0 aromatic heterocycles. The zero-order valence-electron chi connectivity index (χ0n) is 9.30. The number of nitrogens with two attached hydrogens (primary N) is 1. The van der Waals surface area contributed by atoms with E-state index in [1.165, 1.54) is 13.2 Å². The van der Waals surface area contributed by atoms with Crippen LogP contribution < -0.4 is 19.9 Å². The molecule has 0 radical (unpaired) electrons. The predicted octanol–water partition coefficient (Wildman–Crippen LogP) is -0.996. The molecule has 10 heteroatoms. The van der Waals surface area contributed by atoms with E-state index >= 15 is 0 Å². The highest BCUT2D eigenvalue weighted by molar-refractivity contribution is 7.90. The van der Waals surface area contributed by atoms with Crippen LogP contribution in [0.1, 0.15) is 0 Å². The molecular weight excluding hydrogens is 282 g/mol. The fourth-order valence-corrected chi connectivity index (χ4v) is 3.48. The van der Waals surface area contributed by atoms with Crippen LogP contribution in [0.15, 0.2) is 21.9 Å². The predicted molar refractivity (Wildman–Crippen MR) is 63.2 cm³/mol. The van der Waals surface area contributed by atoms with Crippen LogP contribution in [0.2, 0.25) is 0 Å². The van der Waals surface area contributed by atoms with Gasteiger partial charge in [-0.15, -0.1) is 0 Å². The van der Waals surface area contributed by atoms with Crippen molar-refractivity contribution in [2.75, 3.05) is 19.1 Å². The molecule has 4 N–H and O–H groups in total. The zero-order valence-corrected chi connectivity index (χ0v) is 10.9. The van der Waals surface area contributed by atoms with Gasteiger partial charge in [0.05, 0.1) is 19.5 Å². The van der Waals surface area contributed by atoms with Crippen LogP contribution in [0.4, 0.5) is 5.69 Å². The Hall–Kier alpha value is -1.36. The number of fused-ring (bicyclic) bond motifs is 1. The lowest BCUT2D eigenvalue weighted by molar-refractivity contribution is 0.402. The monoisotopic (exact) mass is 293 g/mol. The summed E-state index contributed by atoms with van der Waals surface area (Å²) in [6, 6.07) is 2.26. The molecule has 1 aliphatic rings. The molecule has 0 bridgehead atoms. The van der Waals surface area contributed by atoms with Gasteiger partial charge in [0.2, 0.25) is 20.0 Å². The van der Waals surface area contributed by atoms with Crippen molar-refractivity contribution in [2.45, 2.75) is 9.79 Å². The molecule has 0 saturated carbocycles. The zero-order chi connectivity index (χ0) is 13.6. The number of anilines is 1. The summed E-state index contributed by atoms with van der Waals surface area (Å²) >= 11 is 0. The summed E-state index contributed by atoms with van der Waals surface area (Å²) in [6.07, 6.45) is 0. The summed E-state index contributed by atoms with van der Waals surface area (Å²) in [5, 5.41) is 7.78. The maximum Gasteiger partial charge on any atom is 0.244 e. The Kier molecular flexibility index (Phi) is 2.97. The lowest BCUT2D eigenvalue weighted by Gasteiger charge is -2.21. The summed E-state index contributed by atoms with van der Waals surface area (Å²) in [4.78, 5) is -0.559. The van der Waals surface area contributed by atoms with Crippen LogP contribution in [-0.4, -0.2) is 30.6 Å². The smallest absolute Gasteiger partial charge is 0.244 e. The van der Waals surface area contributed by atoms with Gasteiger partial charge in [-0.1, -0.05) is 0 Å². The number of ether oxygens (including phenoxy) is 1. The number of primary sulfonamides is 1. The summed E-state index contributed by atoms with van der Waals surface area (Å²) in [6.45, 7) is 0.0210. The topological polar surface area (TPSA) is 128 Å². The summed E-state index contributed by atoms with van der Waals surface area (Å²) in [7, 11) is -6.54. The van der Waals surface area contributed by atoms with Gasteiger partial charge >= 0.3 is 0 Å². The lowest BCUT2D eigenvalue weighted by Crippen LogP contribution is -2.34. The fraction of sp³-hybridized carbons (Fsp3) is 0.250. The quantitative estimate of drug-likeness (QED) is 0.642. The molecule has 18 heavy (non-hydrogen) atoms. The van der Waals surface area contributed by atoms with Crippen molar-refractivity contribution in [3.8, 4) is 5.75 Å². The minimum atomic E-state index is -4.07. The average molecular weight is 293 g/mol. The summed E-state index contributed by atoms with van der Waals surface area (Å²) in [5.41, 5.74) is 0.262. The van der Waals surface area contributed by atoms with Crippen molar-refractivity contribution >= 4 is 25.7 Å². The van der Waals surface area contributed by atoms with Crippen molar-refractivity contribution < 1.29 is 21.6 Å². The molecule has 8 nitrogen and oxygen atoms in total. The maximum absolute atomic E-state index is 11.7. The van der Waals surface area contributed by atoms with Crippen LogP contribution in [-0.2, 0) is 20.0 Å². The van der Waals surface area contributed by atoms with Crippen molar-refractivity contribution in [3.63, 3.8) is 0 Å². The standard InChI is InChI=1S/C8H11N3O5S2/c1-16-6-2-5-7(3-8(6)17(9,12)13)18(14,15)11-4-10-5/h2-3,10-11H,4H2,1H3,(H2,9,12,13). The average Bonchev–Trinajstić information content (AvgIpc) is 2.25. The molecule has 0 aliphatic carbocycles. The van der Waals surface area contributed by atoms with E-state index < -0.39 is 20.0 Å². The first-order chi connectivity index (χ1) is 8.25. The molecule has 0 saturated heterocycles. The van der Waals surface area contributed by atoms with E-state index in [2.05, 4.69) is 10.0 Å². The molecule has 0 spiro atoms. The molecule has 1 aliphatic heterocycles. The molecule has 100 valence electrons. The number of sulfonamides is 2. The molecule has 0 unspecified atom stereocenters. The first-order valence-corrected chi connectivity index (χ1v) is 7.77. The van der Waals surface area contributed by atoms with E-state index in [0.717, 1.165) is 6.07 Å². The Morgan fingerprint density at radius 2 is 2.06 bits per heavy atom. The first kappa shape index (κ1) is 13.1. The second-order valence-electron chi connectivity index (χ2n) is 3.55. The summed E-state index contributed by atoms with van der Waals surface area (Å²) in [5.74, 6) is -0.0131. The number of methoxy groups -OCH3 is 1. The lowest BCUT2D eigenvalue weighted by atomic mass is 10.3. The van der Waals surface area contributed by atoms with Gasteiger partial charge in [0.25, 0.3) is 0 Å². The Morgan fingerprint density at radius 3 is 2.61 bits per heavy atom. The first-order valence-electron chi connectivity index (χ1n) is 4.74. The van der Waals surface area contributed by atoms with Gasteiger partial charge in [0.15, 0.2) is 0 Å². The van der Waals surface area contributed by atoms with Crippen LogP contribution in [0.25, 0.3) is 0 Å². The van der Waals surface area contributed by atoms with Crippen LogP contribution in [0.3, 0.4) is 0 Å². The number of hydrogen-bond acceptors (Lipinski definition) is 6. The second kappa shape index (κ2) is 4.09. The van der Waals surface area contributed by atoms with Crippen LogP contribution in [0.5, 0.6) is 5.75 Å². The second-order valence-corrected chi connectivity index (χ2v) is 6.81. The maximum atomic E-state index is 11.7. The fourth-order valence-electron chi connectivity index (χ4n) is 1.59. The van der Waals surface area contributed by atoms with E-state index in [9.17, 15) is 16.8 Å². The number of rotatable bonds is 2. The van der Waals surface area contributed by atoms with Crippen molar-refractivity contribution in [1.82, 2.24) is 4.72 Å². The van der Waals surface area contributed by atoms with E-state index in [-0.39, 0.29) is 27.9 Å². The van der Waals surface area contributed by atoms with Gasteiger partial charge < -0.3 is 10.1 Å². The van der Waals surface area contributed by atoms with Crippen molar-refractivity contribution in [3.05, 3.63) is 12.1 Å². The third-order valence-corrected chi connectivity index (χ3v) is 4.78. The van der Waals surface area contributed by atoms with E-state index in [1.54, 1.807) is 0 Å². The van der Waals surface area contributed by atoms with Crippen molar-refractivity contribution in [2.24, 2.45) is 5.14 Å². The normalized spacial score (nSPS) is 17.7. The molecular formula is C8H11N3O5S2.